The van der Waals surface area contributed by atoms with E-state index in [1.165, 1.54) is 0 Å². The Balaban J connectivity index is 2.25. The van der Waals surface area contributed by atoms with Crippen LogP contribution in [0.3, 0.4) is 0 Å². The van der Waals surface area contributed by atoms with Gasteiger partial charge in [-0.05, 0) is 18.7 Å². The first kappa shape index (κ1) is 9.30. The number of pyridine rings is 1. The quantitative estimate of drug-likeness (QED) is 0.829. The molecule has 0 spiro atoms. The van der Waals surface area contributed by atoms with Crippen LogP contribution in [0.15, 0.2) is 29.9 Å². The third kappa shape index (κ3) is 1.97. The average molecular weight is 205 g/mol. The fourth-order valence-corrected chi connectivity index (χ4v) is 2.03. The minimum atomic E-state index is 0.656. The van der Waals surface area contributed by atoms with Gasteiger partial charge in [0.05, 0.1) is 10.7 Å². The summed E-state index contributed by atoms with van der Waals surface area (Å²) in [6.45, 7) is 0.656. The Morgan fingerprint density at radius 2 is 2.07 bits per heavy atom. The van der Waals surface area contributed by atoms with E-state index < -0.39 is 0 Å². The SMILES string of the molecule is NCCc1nc(-c2ccncc2)cs1. The van der Waals surface area contributed by atoms with Crippen molar-refractivity contribution in [3.8, 4) is 11.3 Å². The van der Waals surface area contributed by atoms with Crippen molar-refractivity contribution in [1.29, 1.82) is 0 Å². The second-order valence-corrected chi connectivity index (χ2v) is 3.84. The number of thiazole rings is 1. The molecule has 0 aromatic carbocycles. The highest BCUT2D eigenvalue weighted by molar-refractivity contribution is 7.09. The monoisotopic (exact) mass is 205 g/mol. The van der Waals surface area contributed by atoms with Crippen LogP contribution >= 0.6 is 11.3 Å². The first-order chi connectivity index (χ1) is 6.90. The normalized spacial score (nSPS) is 10.4. The van der Waals surface area contributed by atoms with E-state index in [1.54, 1.807) is 23.7 Å². The number of rotatable bonds is 3. The topological polar surface area (TPSA) is 51.8 Å². The molecule has 4 heteroatoms. The molecule has 0 fully saturated rings. The summed E-state index contributed by atoms with van der Waals surface area (Å²) in [4.78, 5) is 8.45. The minimum absolute atomic E-state index is 0.656. The Hall–Kier alpha value is -1.26. The summed E-state index contributed by atoms with van der Waals surface area (Å²) in [5.41, 5.74) is 7.59. The van der Waals surface area contributed by atoms with Crippen molar-refractivity contribution < 1.29 is 0 Å². The summed E-state index contributed by atoms with van der Waals surface area (Å²) in [7, 11) is 0. The fraction of sp³-hybridized carbons (Fsp3) is 0.200. The largest absolute Gasteiger partial charge is 0.330 e. The van der Waals surface area contributed by atoms with Crippen LogP contribution in [0.5, 0.6) is 0 Å². The molecule has 0 bridgehead atoms. The smallest absolute Gasteiger partial charge is 0.0945 e. The van der Waals surface area contributed by atoms with E-state index in [9.17, 15) is 0 Å². The zero-order chi connectivity index (χ0) is 9.80. The molecule has 2 aromatic heterocycles. The Labute approximate surface area is 86.6 Å². The lowest BCUT2D eigenvalue weighted by Gasteiger charge is -1.93. The second-order valence-electron chi connectivity index (χ2n) is 2.90. The van der Waals surface area contributed by atoms with Gasteiger partial charge in [-0.1, -0.05) is 0 Å². The molecule has 0 atom stereocenters. The van der Waals surface area contributed by atoms with E-state index in [4.69, 9.17) is 5.73 Å². The van der Waals surface area contributed by atoms with Gasteiger partial charge < -0.3 is 5.73 Å². The summed E-state index contributed by atoms with van der Waals surface area (Å²) in [6.07, 6.45) is 4.41. The highest BCUT2D eigenvalue weighted by Gasteiger charge is 2.02. The Morgan fingerprint density at radius 3 is 2.79 bits per heavy atom. The summed E-state index contributed by atoms with van der Waals surface area (Å²) in [5.74, 6) is 0. The zero-order valence-electron chi connectivity index (χ0n) is 7.68. The maximum absolute atomic E-state index is 5.47. The fourth-order valence-electron chi connectivity index (χ4n) is 1.20. The van der Waals surface area contributed by atoms with Crippen molar-refractivity contribution >= 4 is 11.3 Å². The van der Waals surface area contributed by atoms with E-state index >= 15 is 0 Å². The first-order valence-corrected chi connectivity index (χ1v) is 5.33. The predicted molar refractivity (Wildman–Crippen MR) is 58.1 cm³/mol. The molecule has 0 saturated heterocycles. The maximum Gasteiger partial charge on any atom is 0.0945 e. The lowest BCUT2D eigenvalue weighted by molar-refractivity contribution is 0.954. The molecule has 2 rings (SSSR count). The van der Waals surface area contributed by atoms with Crippen LogP contribution in [0.2, 0.25) is 0 Å². The summed E-state index contributed by atoms with van der Waals surface area (Å²) in [5, 5.41) is 3.15. The van der Waals surface area contributed by atoms with Crippen molar-refractivity contribution in [2.75, 3.05) is 6.54 Å². The number of aromatic nitrogens is 2. The molecular formula is C10H11N3S. The van der Waals surface area contributed by atoms with Crippen molar-refractivity contribution in [2.24, 2.45) is 5.73 Å². The van der Waals surface area contributed by atoms with Crippen molar-refractivity contribution in [3.05, 3.63) is 34.9 Å². The van der Waals surface area contributed by atoms with Crippen molar-refractivity contribution in [3.63, 3.8) is 0 Å². The molecule has 0 amide bonds. The molecule has 2 heterocycles. The zero-order valence-corrected chi connectivity index (χ0v) is 8.50. The number of hydrogen-bond acceptors (Lipinski definition) is 4. The van der Waals surface area contributed by atoms with E-state index in [0.29, 0.717) is 6.54 Å². The second kappa shape index (κ2) is 4.30. The lowest BCUT2D eigenvalue weighted by Crippen LogP contribution is -2.01. The molecule has 72 valence electrons. The van der Waals surface area contributed by atoms with Gasteiger partial charge in [0, 0.05) is 29.8 Å². The summed E-state index contributed by atoms with van der Waals surface area (Å²) < 4.78 is 0. The van der Waals surface area contributed by atoms with Gasteiger partial charge in [-0.25, -0.2) is 4.98 Å². The van der Waals surface area contributed by atoms with Gasteiger partial charge in [0.2, 0.25) is 0 Å². The third-order valence-corrected chi connectivity index (χ3v) is 2.79. The molecule has 14 heavy (non-hydrogen) atoms. The average Bonchev–Trinajstić information content (AvgIpc) is 2.68. The van der Waals surface area contributed by atoms with Gasteiger partial charge in [0.25, 0.3) is 0 Å². The van der Waals surface area contributed by atoms with Crippen LogP contribution in [-0.4, -0.2) is 16.5 Å². The molecule has 0 unspecified atom stereocenters. The van der Waals surface area contributed by atoms with Gasteiger partial charge in [-0.15, -0.1) is 11.3 Å². The minimum Gasteiger partial charge on any atom is -0.330 e. The highest BCUT2D eigenvalue weighted by Crippen LogP contribution is 2.20. The van der Waals surface area contributed by atoms with Gasteiger partial charge in [0.15, 0.2) is 0 Å². The van der Waals surface area contributed by atoms with Crippen LogP contribution in [0.25, 0.3) is 11.3 Å². The Bertz CT molecular complexity index is 397. The van der Waals surface area contributed by atoms with Crippen LogP contribution in [0, 0.1) is 0 Å². The van der Waals surface area contributed by atoms with Crippen molar-refractivity contribution in [2.45, 2.75) is 6.42 Å². The van der Waals surface area contributed by atoms with Crippen LogP contribution in [0.4, 0.5) is 0 Å². The summed E-state index contributed by atoms with van der Waals surface area (Å²) >= 11 is 1.66. The third-order valence-electron chi connectivity index (χ3n) is 1.89. The maximum atomic E-state index is 5.47. The van der Waals surface area contributed by atoms with Crippen LogP contribution in [0.1, 0.15) is 5.01 Å². The molecule has 2 aromatic rings. The number of nitrogens with two attached hydrogens (primary N) is 1. The lowest BCUT2D eigenvalue weighted by atomic mass is 10.2. The summed E-state index contributed by atoms with van der Waals surface area (Å²) in [6, 6.07) is 3.92. The first-order valence-electron chi connectivity index (χ1n) is 4.45. The van der Waals surface area contributed by atoms with E-state index in [1.807, 2.05) is 12.1 Å². The standard InChI is InChI=1S/C10H11N3S/c11-4-1-10-13-9(7-14-10)8-2-5-12-6-3-8/h2-3,5-7H,1,4,11H2. The highest BCUT2D eigenvalue weighted by atomic mass is 32.1. The molecule has 0 radical (unpaired) electrons. The van der Waals surface area contributed by atoms with Gasteiger partial charge in [-0.3, -0.25) is 4.98 Å². The number of hydrogen-bond donors (Lipinski definition) is 1. The molecule has 0 aliphatic rings. The molecule has 2 N–H and O–H groups in total. The van der Waals surface area contributed by atoms with Crippen LogP contribution in [-0.2, 0) is 6.42 Å². The molecule has 0 aliphatic carbocycles. The van der Waals surface area contributed by atoms with Crippen LogP contribution < -0.4 is 5.73 Å². The predicted octanol–water partition coefficient (Wildman–Crippen LogP) is 1.71. The molecule has 3 nitrogen and oxygen atoms in total. The van der Waals surface area contributed by atoms with Gasteiger partial charge >= 0.3 is 0 Å². The van der Waals surface area contributed by atoms with Gasteiger partial charge in [0.1, 0.15) is 0 Å². The Kier molecular flexibility index (Phi) is 2.86. The van der Waals surface area contributed by atoms with E-state index in [0.717, 1.165) is 22.7 Å². The molecule has 0 aliphatic heterocycles. The van der Waals surface area contributed by atoms with Gasteiger partial charge in [-0.2, -0.15) is 0 Å². The van der Waals surface area contributed by atoms with Crippen molar-refractivity contribution in [1.82, 2.24) is 9.97 Å². The Morgan fingerprint density at radius 1 is 1.29 bits per heavy atom. The van der Waals surface area contributed by atoms with E-state index in [2.05, 4.69) is 15.3 Å². The van der Waals surface area contributed by atoms with E-state index in [-0.39, 0.29) is 0 Å². The molecular weight excluding hydrogens is 194 g/mol. The number of nitrogens with zero attached hydrogens (tertiary/aromatic N) is 2. The molecule has 0 saturated carbocycles.